The van der Waals surface area contributed by atoms with E-state index in [0.717, 1.165) is 32.5 Å². The van der Waals surface area contributed by atoms with Crippen LogP contribution in [0.2, 0.25) is 0 Å². The van der Waals surface area contributed by atoms with Crippen molar-refractivity contribution in [1.82, 2.24) is 10.6 Å². The second kappa shape index (κ2) is 6.86. The smallest absolute Gasteiger partial charge is 0.224 e. The topological polar surface area (TPSA) is 50.4 Å². The lowest BCUT2D eigenvalue weighted by Gasteiger charge is -2.18. The average Bonchev–Trinajstić information content (AvgIpc) is 2.73. The van der Waals surface area contributed by atoms with E-state index in [4.69, 9.17) is 4.74 Å². The Morgan fingerprint density at radius 3 is 2.94 bits per heavy atom. The number of carbonyl (C=O) groups is 1. The Morgan fingerprint density at radius 2 is 2.31 bits per heavy atom. The van der Waals surface area contributed by atoms with Crippen LogP contribution in [0.1, 0.15) is 26.7 Å². The fraction of sp³-hybridized carbons (Fsp3) is 0.917. The van der Waals surface area contributed by atoms with Crippen LogP contribution in [0.15, 0.2) is 0 Å². The van der Waals surface area contributed by atoms with Gasteiger partial charge in [-0.3, -0.25) is 4.79 Å². The molecule has 1 aliphatic rings. The van der Waals surface area contributed by atoms with E-state index >= 15 is 0 Å². The molecule has 4 nitrogen and oxygen atoms in total. The maximum Gasteiger partial charge on any atom is 0.224 e. The molecular formula is C12H24N2O2. The molecule has 2 N–H and O–H groups in total. The number of nitrogens with one attached hydrogen (secondary N) is 2. The maximum absolute atomic E-state index is 11.7. The zero-order valence-electron chi connectivity index (χ0n) is 10.6. The highest BCUT2D eigenvalue weighted by Crippen LogP contribution is 2.22. The third-order valence-electron chi connectivity index (χ3n) is 3.25. The molecule has 1 aliphatic heterocycles. The number of hydrogen-bond acceptors (Lipinski definition) is 3. The second-order valence-electron chi connectivity index (χ2n) is 4.57. The lowest BCUT2D eigenvalue weighted by molar-refractivity contribution is -0.124. The van der Waals surface area contributed by atoms with Crippen LogP contribution < -0.4 is 10.6 Å². The van der Waals surface area contributed by atoms with Crippen molar-refractivity contribution in [2.75, 3.05) is 26.7 Å². The molecule has 0 spiro atoms. The molecule has 3 atom stereocenters. The van der Waals surface area contributed by atoms with Gasteiger partial charge in [-0.1, -0.05) is 13.8 Å². The van der Waals surface area contributed by atoms with E-state index in [9.17, 15) is 4.79 Å². The Balaban J connectivity index is 2.25. The predicted octanol–water partition coefficient (Wildman–Crippen LogP) is 0.773. The summed E-state index contributed by atoms with van der Waals surface area (Å²) in [5.41, 5.74) is 0. The molecule has 94 valence electrons. The van der Waals surface area contributed by atoms with Gasteiger partial charge in [0.1, 0.15) is 0 Å². The second-order valence-corrected chi connectivity index (χ2v) is 4.57. The summed E-state index contributed by atoms with van der Waals surface area (Å²) in [6.07, 6.45) is 2.44. The summed E-state index contributed by atoms with van der Waals surface area (Å²) in [6, 6.07) is 0. The number of hydrogen-bond donors (Lipinski definition) is 2. The summed E-state index contributed by atoms with van der Waals surface area (Å²) in [5.74, 6) is 0.666. The van der Waals surface area contributed by atoms with Gasteiger partial charge in [0.25, 0.3) is 0 Å². The third-order valence-corrected chi connectivity index (χ3v) is 3.25. The minimum Gasteiger partial charge on any atom is -0.378 e. The molecule has 1 fully saturated rings. The molecule has 1 amide bonds. The van der Waals surface area contributed by atoms with Crippen molar-refractivity contribution in [1.29, 1.82) is 0 Å². The largest absolute Gasteiger partial charge is 0.378 e. The van der Waals surface area contributed by atoms with Gasteiger partial charge < -0.3 is 15.4 Å². The van der Waals surface area contributed by atoms with E-state index in [-0.39, 0.29) is 11.8 Å². The molecule has 16 heavy (non-hydrogen) atoms. The Labute approximate surface area is 98.1 Å². The van der Waals surface area contributed by atoms with Crippen LogP contribution in [0, 0.1) is 11.8 Å². The molecule has 0 aromatic rings. The van der Waals surface area contributed by atoms with E-state index in [1.165, 1.54) is 0 Å². The maximum atomic E-state index is 11.7. The van der Waals surface area contributed by atoms with Gasteiger partial charge in [0.15, 0.2) is 0 Å². The molecule has 0 saturated carbocycles. The third kappa shape index (κ3) is 3.76. The van der Waals surface area contributed by atoms with E-state index in [2.05, 4.69) is 17.6 Å². The van der Waals surface area contributed by atoms with Crippen molar-refractivity contribution in [2.24, 2.45) is 11.8 Å². The summed E-state index contributed by atoms with van der Waals surface area (Å²) in [5, 5.41) is 6.03. The van der Waals surface area contributed by atoms with Crippen LogP contribution in [0.4, 0.5) is 0 Å². The molecule has 0 radical (unpaired) electrons. The molecule has 0 aromatic carbocycles. The van der Waals surface area contributed by atoms with Crippen LogP contribution in [-0.2, 0) is 9.53 Å². The highest BCUT2D eigenvalue weighted by molar-refractivity contribution is 5.78. The van der Waals surface area contributed by atoms with Crippen molar-refractivity contribution in [2.45, 2.75) is 32.8 Å². The van der Waals surface area contributed by atoms with Crippen LogP contribution >= 0.6 is 0 Å². The Hall–Kier alpha value is -0.610. The highest BCUT2D eigenvalue weighted by Gasteiger charge is 2.27. The minimum atomic E-state index is 0.0346. The summed E-state index contributed by atoms with van der Waals surface area (Å²) in [6.45, 7) is 6.39. The molecule has 4 heteroatoms. The van der Waals surface area contributed by atoms with Gasteiger partial charge in [0.2, 0.25) is 5.91 Å². The van der Waals surface area contributed by atoms with Crippen molar-refractivity contribution in [3.63, 3.8) is 0 Å². The fourth-order valence-electron chi connectivity index (χ4n) is 2.18. The average molecular weight is 228 g/mol. The molecule has 3 unspecified atom stereocenters. The summed E-state index contributed by atoms with van der Waals surface area (Å²) < 4.78 is 5.59. The van der Waals surface area contributed by atoms with Crippen LogP contribution in [-0.4, -0.2) is 38.8 Å². The first-order valence-electron chi connectivity index (χ1n) is 6.23. The standard InChI is InChI=1S/C12H24N2O2/c1-4-11-10(5-6-16-11)8-14-12(15)9(2)7-13-3/h9-11,13H,4-8H2,1-3H3,(H,14,15). The zero-order chi connectivity index (χ0) is 12.0. The zero-order valence-corrected chi connectivity index (χ0v) is 10.6. The van der Waals surface area contributed by atoms with Crippen molar-refractivity contribution >= 4 is 5.91 Å². The number of rotatable bonds is 6. The molecule has 1 rings (SSSR count). The number of ether oxygens (including phenoxy) is 1. The monoisotopic (exact) mass is 228 g/mol. The SMILES string of the molecule is CCC1OCCC1CNC(=O)C(C)CNC. The molecule has 0 aliphatic carbocycles. The Morgan fingerprint density at radius 1 is 1.56 bits per heavy atom. The van der Waals surface area contributed by atoms with Crippen LogP contribution in [0.3, 0.4) is 0 Å². The molecule has 1 heterocycles. The lowest BCUT2D eigenvalue weighted by Crippen LogP contribution is -2.38. The van der Waals surface area contributed by atoms with E-state index < -0.39 is 0 Å². The van der Waals surface area contributed by atoms with Gasteiger partial charge in [0.05, 0.1) is 6.10 Å². The lowest BCUT2D eigenvalue weighted by atomic mass is 9.99. The minimum absolute atomic E-state index is 0.0346. The van der Waals surface area contributed by atoms with E-state index in [0.29, 0.717) is 12.0 Å². The van der Waals surface area contributed by atoms with Crippen molar-refractivity contribution in [3.05, 3.63) is 0 Å². The quantitative estimate of drug-likeness (QED) is 0.706. The van der Waals surface area contributed by atoms with Crippen molar-refractivity contribution in [3.8, 4) is 0 Å². The normalized spacial score (nSPS) is 26.7. The van der Waals surface area contributed by atoms with Crippen LogP contribution in [0.25, 0.3) is 0 Å². The Kier molecular flexibility index (Phi) is 5.77. The van der Waals surface area contributed by atoms with Gasteiger partial charge in [0, 0.05) is 31.5 Å². The first-order chi connectivity index (χ1) is 7.69. The van der Waals surface area contributed by atoms with Crippen LogP contribution in [0.5, 0.6) is 0 Å². The van der Waals surface area contributed by atoms with Gasteiger partial charge in [-0.25, -0.2) is 0 Å². The summed E-state index contributed by atoms with van der Waals surface area (Å²) in [7, 11) is 1.86. The van der Waals surface area contributed by atoms with Crippen molar-refractivity contribution < 1.29 is 9.53 Å². The van der Waals surface area contributed by atoms with E-state index in [1.54, 1.807) is 0 Å². The van der Waals surface area contributed by atoms with Gasteiger partial charge in [-0.2, -0.15) is 0 Å². The van der Waals surface area contributed by atoms with Gasteiger partial charge >= 0.3 is 0 Å². The van der Waals surface area contributed by atoms with Gasteiger partial charge in [-0.05, 0) is 19.9 Å². The fourth-order valence-corrected chi connectivity index (χ4v) is 2.18. The molecule has 0 aromatic heterocycles. The predicted molar refractivity (Wildman–Crippen MR) is 64.2 cm³/mol. The first kappa shape index (κ1) is 13.5. The summed E-state index contributed by atoms with van der Waals surface area (Å²) in [4.78, 5) is 11.7. The van der Waals surface area contributed by atoms with E-state index in [1.807, 2.05) is 14.0 Å². The molecule has 0 bridgehead atoms. The Bertz CT molecular complexity index is 221. The van der Waals surface area contributed by atoms with Gasteiger partial charge in [-0.15, -0.1) is 0 Å². The molecule has 1 saturated heterocycles. The molecular weight excluding hydrogens is 204 g/mol. The number of carbonyl (C=O) groups excluding carboxylic acids is 1. The number of amides is 1. The first-order valence-corrected chi connectivity index (χ1v) is 6.23. The highest BCUT2D eigenvalue weighted by atomic mass is 16.5. The summed E-state index contributed by atoms with van der Waals surface area (Å²) >= 11 is 0.